The van der Waals surface area contributed by atoms with Crippen LogP contribution in [-0.2, 0) is 4.74 Å². The molecule has 0 spiro atoms. The molecule has 6 heteroatoms. The van der Waals surface area contributed by atoms with Gasteiger partial charge in [-0.1, -0.05) is 0 Å². The molecule has 1 aromatic rings. The zero-order valence-corrected chi connectivity index (χ0v) is 7.60. The number of carbonyl (C=O) groups excluding carboxylic acids is 1. The van der Waals surface area contributed by atoms with Crippen LogP contribution < -0.4 is 5.73 Å². The number of amides is 1. The van der Waals surface area contributed by atoms with Crippen molar-refractivity contribution in [2.75, 3.05) is 6.61 Å². The normalized spacial score (nSPS) is 12.8. The standard InChI is InChI=1S/C7H12N4O2/c1-3-13-5(2)11-4-9-7(10-11)6(8)12/h4-5H,3H2,1-2H3,(H2,8,12). The van der Waals surface area contributed by atoms with Crippen LogP contribution in [0.2, 0.25) is 0 Å². The molecule has 1 amide bonds. The number of carbonyl (C=O) groups is 1. The average Bonchev–Trinajstić information content (AvgIpc) is 2.52. The third kappa shape index (κ3) is 2.25. The fourth-order valence-electron chi connectivity index (χ4n) is 0.881. The highest BCUT2D eigenvalue weighted by Crippen LogP contribution is 2.04. The first kappa shape index (κ1) is 9.66. The van der Waals surface area contributed by atoms with Crippen molar-refractivity contribution in [1.29, 1.82) is 0 Å². The van der Waals surface area contributed by atoms with Gasteiger partial charge in [-0.3, -0.25) is 4.79 Å². The molecule has 1 atom stereocenters. The molecule has 0 radical (unpaired) electrons. The molecule has 0 fully saturated rings. The Hall–Kier alpha value is -1.43. The molecule has 0 aromatic carbocycles. The summed E-state index contributed by atoms with van der Waals surface area (Å²) < 4.78 is 6.68. The highest BCUT2D eigenvalue weighted by molar-refractivity contribution is 5.88. The van der Waals surface area contributed by atoms with Crippen LogP contribution in [0.1, 0.15) is 30.7 Å². The van der Waals surface area contributed by atoms with Gasteiger partial charge >= 0.3 is 0 Å². The van der Waals surface area contributed by atoms with Crippen molar-refractivity contribution in [2.45, 2.75) is 20.1 Å². The molecule has 0 bridgehead atoms. The second kappa shape index (κ2) is 3.99. The van der Waals surface area contributed by atoms with Crippen molar-refractivity contribution in [3.63, 3.8) is 0 Å². The molecular weight excluding hydrogens is 172 g/mol. The van der Waals surface area contributed by atoms with E-state index in [2.05, 4.69) is 10.1 Å². The molecule has 2 N–H and O–H groups in total. The first-order valence-corrected chi connectivity index (χ1v) is 3.97. The second-order valence-corrected chi connectivity index (χ2v) is 2.47. The molecule has 0 aliphatic rings. The Balaban J connectivity index is 2.73. The third-order valence-corrected chi connectivity index (χ3v) is 1.51. The number of primary amides is 1. The van der Waals surface area contributed by atoms with E-state index in [1.807, 2.05) is 13.8 Å². The number of ether oxygens (including phenoxy) is 1. The van der Waals surface area contributed by atoms with Gasteiger partial charge in [0.2, 0.25) is 5.82 Å². The highest BCUT2D eigenvalue weighted by Gasteiger charge is 2.10. The van der Waals surface area contributed by atoms with E-state index >= 15 is 0 Å². The van der Waals surface area contributed by atoms with Crippen molar-refractivity contribution in [3.05, 3.63) is 12.2 Å². The van der Waals surface area contributed by atoms with Crippen LogP contribution in [0, 0.1) is 0 Å². The van der Waals surface area contributed by atoms with Gasteiger partial charge in [0.1, 0.15) is 12.6 Å². The lowest BCUT2D eigenvalue weighted by Crippen LogP contribution is -2.15. The van der Waals surface area contributed by atoms with Crippen molar-refractivity contribution < 1.29 is 9.53 Å². The summed E-state index contributed by atoms with van der Waals surface area (Å²) >= 11 is 0. The van der Waals surface area contributed by atoms with Crippen molar-refractivity contribution in [3.8, 4) is 0 Å². The van der Waals surface area contributed by atoms with Gasteiger partial charge in [-0.2, -0.15) is 0 Å². The molecule has 6 nitrogen and oxygen atoms in total. The Labute approximate surface area is 75.7 Å². The summed E-state index contributed by atoms with van der Waals surface area (Å²) in [6.45, 7) is 4.26. The summed E-state index contributed by atoms with van der Waals surface area (Å²) in [6, 6.07) is 0. The fourth-order valence-corrected chi connectivity index (χ4v) is 0.881. The van der Waals surface area contributed by atoms with E-state index < -0.39 is 5.91 Å². The predicted molar refractivity (Wildman–Crippen MR) is 44.9 cm³/mol. The van der Waals surface area contributed by atoms with Gasteiger partial charge < -0.3 is 10.5 Å². The van der Waals surface area contributed by atoms with Gasteiger partial charge in [-0.25, -0.2) is 9.67 Å². The molecule has 0 aliphatic heterocycles. The predicted octanol–water partition coefficient (Wildman–Crippen LogP) is -0.0680. The number of nitrogens with two attached hydrogens (primary N) is 1. The maximum atomic E-state index is 10.6. The number of nitrogens with zero attached hydrogens (tertiary/aromatic N) is 3. The largest absolute Gasteiger partial charge is 0.363 e. The first-order chi connectivity index (χ1) is 6.15. The van der Waals surface area contributed by atoms with Crippen molar-refractivity contribution >= 4 is 5.91 Å². The summed E-state index contributed by atoms with van der Waals surface area (Å²) in [7, 11) is 0. The van der Waals surface area contributed by atoms with Gasteiger partial charge in [0.05, 0.1) is 0 Å². The summed E-state index contributed by atoms with van der Waals surface area (Å²) in [6.07, 6.45) is 1.19. The van der Waals surface area contributed by atoms with Crippen molar-refractivity contribution in [2.24, 2.45) is 5.73 Å². The topological polar surface area (TPSA) is 83.0 Å². The van der Waals surface area contributed by atoms with E-state index in [9.17, 15) is 4.79 Å². The second-order valence-electron chi connectivity index (χ2n) is 2.47. The van der Waals surface area contributed by atoms with E-state index in [1.54, 1.807) is 0 Å². The SMILES string of the molecule is CCOC(C)n1cnc(C(N)=O)n1. The van der Waals surface area contributed by atoms with E-state index in [4.69, 9.17) is 10.5 Å². The van der Waals surface area contributed by atoms with Crippen LogP contribution in [0.5, 0.6) is 0 Å². The number of aromatic nitrogens is 3. The Morgan fingerprint density at radius 2 is 2.54 bits per heavy atom. The maximum absolute atomic E-state index is 10.6. The fraction of sp³-hybridized carbons (Fsp3) is 0.571. The van der Waals surface area contributed by atoms with Crippen LogP contribution >= 0.6 is 0 Å². The van der Waals surface area contributed by atoms with Crippen LogP contribution in [0.3, 0.4) is 0 Å². The first-order valence-electron chi connectivity index (χ1n) is 3.97. The minimum absolute atomic E-state index is 0.00607. The van der Waals surface area contributed by atoms with Gasteiger partial charge in [0, 0.05) is 6.61 Å². The molecule has 0 saturated carbocycles. The number of hydrogen-bond donors (Lipinski definition) is 1. The highest BCUT2D eigenvalue weighted by atomic mass is 16.5. The lowest BCUT2D eigenvalue weighted by molar-refractivity contribution is 0.0155. The average molecular weight is 184 g/mol. The minimum atomic E-state index is -0.637. The van der Waals surface area contributed by atoms with Gasteiger partial charge in [-0.15, -0.1) is 5.10 Å². The zero-order valence-electron chi connectivity index (χ0n) is 7.60. The molecule has 1 heterocycles. The van der Waals surface area contributed by atoms with E-state index in [0.29, 0.717) is 6.61 Å². The number of rotatable bonds is 4. The molecule has 72 valence electrons. The van der Waals surface area contributed by atoms with E-state index in [-0.39, 0.29) is 12.1 Å². The molecule has 13 heavy (non-hydrogen) atoms. The number of hydrogen-bond acceptors (Lipinski definition) is 4. The summed E-state index contributed by atoms with van der Waals surface area (Å²) in [5, 5.41) is 3.83. The van der Waals surface area contributed by atoms with E-state index in [1.165, 1.54) is 11.0 Å². The summed E-state index contributed by atoms with van der Waals surface area (Å²) in [5.41, 5.74) is 4.98. The lowest BCUT2D eigenvalue weighted by Gasteiger charge is -2.09. The van der Waals surface area contributed by atoms with Crippen molar-refractivity contribution in [1.82, 2.24) is 14.8 Å². The third-order valence-electron chi connectivity index (χ3n) is 1.51. The Morgan fingerprint density at radius 3 is 3.00 bits per heavy atom. The minimum Gasteiger partial charge on any atom is -0.363 e. The molecule has 1 aromatic heterocycles. The summed E-state index contributed by atoms with van der Waals surface area (Å²) in [4.78, 5) is 14.4. The van der Waals surface area contributed by atoms with Gasteiger partial charge in [-0.05, 0) is 13.8 Å². The van der Waals surface area contributed by atoms with Crippen LogP contribution in [0.4, 0.5) is 0 Å². The quantitative estimate of drug-likeness (QED) is 0.710. The van der Waals surface area contributed by atoms with Gasteiger partial charge in [0.15, 0.2) is 0 Å². The zero-order chi connectivity index (χ0) is 9.84. The Morgan fingerprint density at radius 1 is 1.85 bits per heavy atom. The smallest absolute Gasteiger partial charge is 0.288 e. The Bertz CT molecular complexity index is 296. The maximum Gasteiger partial charge on any atom is 0.288 e. The van der Waals surface area contributed by atoms with Crippen LogP contribution in [0.15, 0.2) is 6.33 Å². The van der Waals surface area contributed by atoms with Gasteiger partial charge in [0.25, 0.3) is 5.91 Å². The van der Waals surface area contributed by atoms with Crippen LogP contribution in [-0.4, -0.2) is 27.3 Å². The molecule has 0 aliphatic carbocycles. The molecule has 1 rings (SSSR count). The summed E-state index contributed by atoms with van der Waals surface area (Å²) in [5.74, 6) is -0.631. The molecule has 1 unspecified atom stereocenters. The molecule has 0 saturated heterocycles. The lowest BCUT2D eigenvalue weighted by atomic mass is 10.6. The van der Waals surface area contributed by atoms with E-state index in [0.717, 1.165) is 0 Å². The molecular formula is C7H12N4O2. The Kier molecular flexibility index (Phi) is 2.97. The monoisotopic (exact) mass is 184 g/mol. The van der Waals surface area contributed by atoms with Crippen LogP contribution in [0.25, 0.3) is 0 Å².